The Bertz CT molecular complexity index is 1140. The predicted molar refractivity (Wildman–Crippen MR) is 107 cm³/mol. The molecule has 150 valence electrons. The van der Waals surface area contributed by atoms with E-state index in [0.29, 0.717) is 42.5 Å². The number of carbonyl (C=O) groups excluding carboxylic acids is 1. The monoisotopic (exact) mass is 394 g/mol. The van der Waals surface area contributed by atoms with Crippen molar-refractivity contribution < 1.29 is 9.53 Å². The molecular weight excluding hydrogens is 372 g/mol. The Labute approximate surface area is 167 Å². The van der Waals surface area contributed by atoms with Gasteiger partial charge in [0.2, 0.25) is 0 Å². The van der Waals surface area contributed by atoms with E-state index in [2.05, 4.69) is 10.1 Å². The zero-order valence-electron chi connectivity index (χ0n) is 16.2. The van der Waals surface area contributed by atoms with Gasteiger partial charge in [-0.2, -0.15) is 0 Å². The molecule has 0 atom stereocenters. The summed E-state index contributed by atoms with van der Waals surface area (Å²) in [6.07, 6.45) is 5.45. The van der Waals surface area contributed by atoms with E-state index in [1.54, 1.807) is 18.5 Å². The molecule has 3 aromatic rings. The molecule has 0 N–H and O–H groups in total. The van der Waals surface area contributed by atoms with Crippen molar-refractivity contribution >= 4 is 23.1 Å². The number of carbonyl (C=O) groups is 1. The number of rotatable bonds is 3. The lowest BCUT2D eigenvalue weighted by Crippen LogP contribution is -2.31. The molecule has 3 aromatic heterocycles. The zero-order valence-corrected chi connectivity index (χ0v) is 16.2. The van der Waals surface area contributed by atoms with Gasteiger partial charge in [-0.25, -0.2) is 14.5 Å². The van der Waals surface area contributed by atoms with Gasteiger partial charge in [-0.1, -0.05) is 0 Å². The number of hydrogen-bond donors (Lipinski definition) is 0. The van der Waals surface area contributed by atoms with Gasteiger partial charge < -0.3 is 14.5 Å². The van der Waals surface area contributed by atoms with Gasteiger partial charge in [0.15, 0.2) is 17.2 Å². The Kier molecular flexibility index (Phi) is 4.22. The molecule has 9 heteroatoms. The minimum Gasteiger partial charge on any atom is -0.488 e. The lowest BCUT2D eigenvalue weighted by atomic mass is 10.2. The molecule has 2 aliphatic heterocycles. The second-order valence-electron chi connectivity index (χ2n) is 7.26. The number of pyridine rings is 2. The van der Waals surface area contributed by atoms with Crippen LogP contribution >= 0.6 is 0 Å². The van der Waals surface area contributed by atoms with Crippen molar-refractivity contribution in [1.29, 1.82) is 0 Å². The van der Waals surface area contributed by atoms with Crippen LogP contribution in [0.25, 0.3) is 5.65 Å². The summed E-state index contributed by atoms with van der Waals surface area (Å²) in [5.74, 6) is 1.26. The molecule has 0 saturated carbocycles. The van der Waals surface area contributed by atoms with Crippen LogP contribution in [-0.2, 0) is 6.54 Å². The largest absolute Gasteiger partial charge is 0.488 e. The van der Waals surface area contributed by atoms with Gasteiger partial charge in [0.05, 0.1) is 12.1 Å². The molecule has 1 saturated heterocycles. The number of anilines is 2. The highest BCUT2D eigenvalue weighted by Crippen LogP contribution is 2.35. The van der Waals surface area contributed by atoms with Crippen LogP contribution in [0.4, 0.5) is 11.5 Å². The molecule has 0 aromatic carbocycles. The fraction of sp³-hybridized carbons (Fsp3) is 0.400. The maximum Gasteiger partial charge on any atom is 0.350 e. The summed E-state index contributed by atoms with van der Waals surface area (Å²) in [5.41, 5.74) is 1.86. The first-order valence-corrected chi connectivity index (χ1v) is 9.94. The number of fused-ring (bicyclic) bond motifs is 2. The van der Waals surface area contributed by atoms with Crippen LogP contribution in [0, 0.1) is 0 Å². The minimum absolute atomic E-state index is 0.00410. The van der Waals surface area contributed by atoms with Crippen LogP contribution in [0.5, 0.6) is 5.75 Å². The third-order valence-electron chi connectivity index (χ3n) is 5.48. The molecular formula is C20H22N6O3. The predicted octanol–water partition coefficient (Wildman–Crippen LogP) is 1.68. The van der Waals surface area contributed by atoms with Crippen molar-refractivity contribution in [3.8, 4) is 5.75 Å². The molecule has 0 spiro atoms. The molecule has 0 unspecified atom stereocenters. The smallest absolute Gasteiger partial charge is 0.350 e. The minimum atomic E-state index is -0.153. The third kappa shape index (κ3) is 2.93. The van der Waals surface area contributed by atoms with Crippen LogP contribution in [0.3, 0.4) is 0 Å². The third-order valence-corrected chi connectivity index (χ3v) is 5.48. The maximum absolute atomic E-state index is 12.7. The Morgan fingerprint density at radius 2 is 2.03 bits per heavy atom. The number of aromatic nitrogens is 4. The van der Waals surface area contributed by atoms with Crippen LogP contribution < -0.4 is 15.3 Å². The Morgan fingerprint density at radius 3 is 2.83 bits per heavy atom. The van der Waals surface area contributed by atoms with Gasteiger partial charge in [-0.15, -0.1) is 5.10 Å². The molecule has 5 heterocycles. The first-order chi connectivity index (χ1) is 14.2. The Morgan fingerprint density at radius 1 is 1.21 bits per heavy atom. The lowest BCUT2D eigenvalue weighted by Gasteiger charge is -2.30. The average molecular weight is 394 g/mol. The van der Waals surface area contributed by atoms with E-state index in [-0.39, 0.29) is 11.6 Å². The highest BCUT2D eigenvalue weighted by Gasteiger charge is 2.26. The Hall–Kier alpha value is -3.36. The molecule has 0 bridgehead atoms. The van der Waals surface area contributed by atoms with Crippen molar-refractivity contribution in [1.82, 2.24) is 24.1 Å². The van der Waals surface area contributed by atoms with Crippen molar-refractivity contribution in [3.63, 3.8) is 0 Å². The van der Waals surface area contributed by atoms with Gasteiger partial charge in [-0.05, 0) is 31.9 Å². The molecule has 29 heavy (non-hydrogen) atoms. The number of hydrogen-bond acceptors (Lipinski definition) is 6. The highest BCUT2D eigenvalue weighted by atomic mass is 16.5. The van der Waals surface area contributed by atoms with Gasteiger partial charge in [-0.3, -0.25) is 9.20 Å². The molecule has 5 rings (SSSR count). The van der Waals surface area contributed by atoms with Crippen LogP contribution in [0.1, 0.15) is 30.1 Å². The molecule has 9 nitrogen and oxygen atoms in total. The number of aryl methyl sites for hydroxylation is 1. The summed E-state index contributed by atoms with van der Waals surface area (Å²) in [7, 11) is 0. The lowest BCUT2D eigenvalue weighted by molar-refractivity contribution is 0.0792. The molecule has 1 amide bonds. The van der Waals surface area contributed by atoms with E-state index < -0.39 is 0 Å². The molecule has 0 aliphatic carbocycles. The van der Waals surface area contributed by atoms with Crippen molar-refractivity contribution in [2.45, 2.75) is 26.3 Å². The quantitative estimate of drug-likeness (QED) is 0.672. The fourth-order valence-corrected chi connectivity index (χ4v) is 3.95. The van der Waals surface area contributed by atoms with Gasteiger partial charge in [0.25, 0.3) is 5.91 Å². The SMILES string of the molecule is CCn1nc2cc(N3CCOc4cc(C(=O)N5CCCC5)cnc43)ccn2c1=O. The van der Waals surface area contributed by atoms with Gasteiger partial charge in [0.1, 0.15) is 6.61 Å². The van der Waals surface area contributed by atoms with E-state index in [4.69, 9.17) is 4.74 Å². The number of nitrogens with zero attached hydrogens (tertiary/aromatic N) is 6. The summed E-state index contributed by atoms with van der Waals surface area (Å²) >= 11 is 0. The summed E-state index contributed by atoms with van der Waals surface area (Å²) in [6, 6.07) is 5.52. The summed E-state index contributed by atoms with van der Waals surface area (Å²) in [4.78, 5) is 33.3. The fourth-order valence-electron chi connectivity index (χ4n) is 3.95. The standard InChI is InChI=1S/C20H22N6O3/c1-2-26-20(28)25-8-5-15(12-17(25)22-26)24-9-10-29-16-11-14(13-21-18(16)24)19(27)23-6-3-4-7-23/h5,8,11-13H,2-4,6-7,9-10H2,1H3. The molecule has 1 fully saturated rings. The van der Waals surface area contributed by atoms with E-state index in [9.17, 15) is 9.59 Å². The van der Waals surface area contributed by atoms with Crippen LogP contribution in [0.2, 0.25) is 0 Å². The van der Waals surface area contributed by atoms with Gasteiger partial charge in [0, 0.05) is 43.8 Å². The van der Waals surface area contributed by atoms with Crippen molar-refractivity contribution in [2.24, 2.45) is 0 Å². The maximum atomic E-state index is 12.7. The first-order valence-electron chi connectivity index (χ1n) is 9.94. The van der Waals surface area contributed by atoms with E-state index in [1.807, 2.05) is 28.9 Å². The average Bonchev–Trinajstić information content (AvgIpc) is 3.40. The molecule has 2 aliphatic rings. The molecule has 0 radical (unpaired) electrons. The highest BCUT2D eigenvalue weighted by molar-refractivity contribution is 5.95. The van der Waals surface area contributed by atoms with E-state index >= 15 is 0 Å². The number of amides is 1. The second kappa shape index (κ2) is 6.91. The normalized spacial score (nSPS) is 16.2. The second-order valence-corrected chi connectivity index (χ2v) is 7.26. The number of likely N-dealkylation sites (tertiary alicyclic amines) is 1. The zero-order chi connectivity index (χ0) is 20.0. The number of ether oxygens (including phenoxy) is 1. The van der Waals surface area contributed by atoms with E-state index in [0.717, 1.165) is 31.6 Å². The van der Waals surface area contributed by atoms with E-state index in [1.165, 1.54) is 9.08 Å². The van der Waals surface area contributed by atoms with Crippen LogP contribution in [-0.4, -0.2) is 56.2 Å². The first kappa shape index (κ1) is 17.7. The van der Waals surface area contributed by atoms with Crippen molar-refractivity contribution in [2.75, 3.05) is 31.1 Å². The topological polar surface area (TPSA) is 85.0 Å². The summed E-state index contributed by atoms with van der Waals surface area (Å²) in [5, 5.41) is 4.36. The summed E-state index contributed by atoms with van der Waals surface area (Å²) < 4.78 is 8.77. The summed E-state index contributed by atoms with van der Waals surface area (Å²) in [6.45, 7) is 5.11. The van der Waals surface area contributed by atoms with Crippen molar-refractivity contribution in [3.05, 3.63) is 46.6 Å². The van der Waals surface area contributed by atoms with Gasteiger partial charge >= 0.3 is 5.69 Å². The van der Waals surface area contributed by atoms with Crippen LogP contribution in [0.15, 0.2) is 35.4 Å². The Balaban J connectivity index is 1.50.